The van der Waals surface area contributed by atoms with Crippen molar-refractivity contribution in [3.05, 3.63) is 45.9 Å². The first-order valence-electron chi connectivity index (χ1n) is 10.0. The fraction of sp³-hybridized carbons (Fsp3) is 0.476. The summed E-state index contributed by atoms with van der Waals surface area (Å²) in [6.07, 6.45) is 5.52. The number of amides is 2. The molecule has 3 rings (SSSR count). The van der Waals surface area contributed by atoms with Gasteiger partial charge in [-0.3, -0.25) is 9.59 Å². The zero-order chi connectivity index (χ0) is 21.3. The number of nitrogens with zero attached hydrogens (tertiary/aromatic N) is 2. The van der Waals surface area contributed by atoms with Gasteiger partial charge in [0, 0.05) is 47.1 Å². The molecule has 162 valence electrons. The van der Waals surface area contributed by atoms with Gasteiger partial charge in [0.15, 0.2) is 0 Å². The topological polar surface area (TPSA) is 82.5 Å². The average Bonchev–Trinajstić information content (AvgIpc) is 3.26. The molecule has 1 aliphatic heterocycles. The molecule has 2 aromatic rings. The van der Waals surface area contributed by atoms with E-state index in [0.29, 0.717) is 24.4 Å². The summed E-state index contributed by atoms with van der Waals surface area (Å²) in [7, 11) is 0. The Kier molecular flexibility index (Phi) is 8.99. The number of carbonyl (C=O) groups is 2. The summed E-state index contributed by atoms with van der Waals surface area (Å²) in [6.45, 7) is 0.711. The third-order valence-corrected chi connectivity index (χ3v) is 7.12. The Bertz CT molecular complexity index is 815. The Morgan fingerprint density at radius 2 is 2.13 bits per heavy atom. The van der Waals surface area contributed by atoms with Crippen molar-refractivity contribution in [3.63, 3.8) is 0 Å². The van der Waals surface area contributed by atoms with Crippen molar-refractivity contribution in [2.45, 2.75) is 49.1 Å². The molecule has 6 nitrogen and oxygen atoms in total. The van der Waals surface area contributed by atoms with Gasteiger partial charge in [0.2, 0.25) is 11.8 Å². The number of rotatable bonds is 9. The maximum Gasteiger partial charge on any atom is 0.245 e. The number of halogens is 1. The first-order chi connectivity index (χ1) is 14.6. The van der Waals surface area contributed by atoms with Crippen molar-refractivity contribution >= 4 is 46.5 Å². The summed E-state index contributed by atoms with van der Waals surface area (Å²) >= 11 is 8.78. The van der Waals surface area contributed by atoms with Crippen LogP contribution in [0.25, 0.3) is 0 Å². The van der Waals surface area contributed by atoms with E-state index < -0.39 is 6.04 Å². The number of nitrogens with one attached hydrogen (secondary N) is 1. The van der Waals surface area contributed by atoms with Gasteiger partial charge in [-0.1, -0.05) is 11.6 Å². The van der Waals surface area contributed by atoms with Crippen LogP contribution >= 0.6 is 34.7 Å². The van der Waals surface area contributed by atoms with Gasteiger partial charge < -0.3 is 15.3 Å². The van der Waals surface area contributed by atoms with Gasteiger partial charge >= 0.3 is 0 Å². The predicted octanol–water partition coefficient (Wildman–Crippen LogP) is 3.38. The highest BCUT2D eigenvalue weighted by Gasteiger charge is 2.32. The second-order valence-corrected chi connectivity index (χ2v) is 9.65. The first kappa shape index (κ1) is 23.1. The van der Waals surface area contributed by atoms with Gasteiger partial charge in [-0.2, -0.15) is 0 Å². The minimum Gasteiger partial charge on any atom is -0.396 e. The third kappa shape index (κ3) is 6.70. The normalized spacial score (nSPS) is 17.5. The zero-order valence-electron chi connectivity index (χ0n) is 16.6. The number of piperidine rings is 1. The van der Waals surface area contributed by atoms with Crippen LogP contribution in [0.4, 0.5) is 0 Å². The number of hydrogen-bond donors (Lipinski definition) is 2. The smallest absolute Gasteiger partial charge is 0.245 e. The average molecular weight is 468 g/mol. The highest BCUT2D eigenvalue weighted by molar-refractivity contribution is 8.00. The Balaban J connectivity index is 1.65. The lowest BCUT2D eigenvalue weighted by Crippen LogP contribution is -2.54. The number of likely N-dealkylation sites (tertiary alicyclic amines) is 1. The van der Waals surface area contributed by atoms with Crippen LogP contribution in [0.1, 0.15) is 30.7 Å². The van der Waals surface area contributed by atoms with E-state index >= 15 is 0 Å². The van der Waals surface area contributed by atoms with E-state index in [0.717, 1.165) is 29.2 Å². The van der Waals surface area contributed by atoms with Crippen LogP contribution in [0.2, 0.25) is 5.02 Å². The van der Waals surface area contributed by atoms with E-state index in [-0.39, 0.29) is 30.2 Å². The molecule has 2 N–H and O–H groups in total. The lowest BCUT2D eigenvalue weighted by atomic mass is 9.98. The quantitative estimate of drug-likeness (QED) is 0.552. The minimum atomic E-state index is -0.659. The van der Waals surface area contributed by atoms with Crippen LogP contribution in [-0.2, 0) is 16.0 Å². The molecule has 30 heavy (non-hydrogen) atoms. The number of thioether (sulfide) groups is 1. The summed E-state index contributed by atoms with van der Waals surface area (Å²) < 4.78 is 0. The lowest BCUT2D eigenvalue weighted by molar-refractivity contribution is -0.139. The van der Waals surface area contributed by atoms with Crippen molar-refractivity contribution in [2.24, 2.45) is 0 Å². The molecular formula is C21H26ClN3O3S2. The van der Waals surface area contributed by atoms with Crippen molar-refractivity contribution in [3.8, 4) is 0 Å². The van der Waals surface area contributed by atoms with Crippen molar-refractivity contribution < 1.29 is 14.7 Å². The first-order valence-corrected chi connectivity index (χ1v) is 12.3. The molecular weight excluding hydrogens is 442 g/mol. The van der Waals surface area contributed by atoms with E-state index in [9.17, 15) is 14.7 Å². The largest absolute Gasteiger partial charge is 0.396 e. The molecule has 2 unspecified atom stereocenters. The minimum absolute atomic E-state index is 0.0235. The Labute approximate surface area is 190 Å². The number of hydrogen-bond acceptors (Lipinski definition) is 6. The van der Waals surface area contributed by atoms with Crippen LogP contribution in [0.15, 0.2) is 40.7 Å². The second-order valence-electron chi connectivity index (χ2n) is 7.19. The van der Waals surface area contributed by atoms with Gasteiger partial charge in [-0.25, -0.2) is 4.98 Å². The number of carbonyl (C=O) groups excluding carboxylic acids is 2. The molecule has 2 atom stereocenters. The van der Waals surface area contributed by atoms with Crippen LogP contribution in [-0.4, -0.2) is 57.8 Å². The van der Waals surface area contributed by atoms with Gasteiger partial charge in [-0.05, 0) is 49.9 Å². The third-order valence-electron chi connectivity index (χ3n) is 5.05. The van der Waals surface area contributed by atoms with E-state index in [2.05, 4.69) is 10.3 Å². The highest BCUT2D eigenvalue weighted by Crippen LogP contribution is 2.23. The molecule has 0 saturated carbocycles. The highest BCUT2D eigenvalue weighted by atomic mass is 35.5. The molecule has 9 heteroatoms. The zero-order valence-corrected chi connectivity index (χ0v) is 19.0. The van der Waals surface area contributed by atoms with Gasteiger partial charge in [0.1, 0.15) is 6.04 Å². The second kappa shape index (κ2) is 11.7. The Hall–Kier alpha value is -1.61. The summed E-state index contributed by atoms with van der Waals surface area (Å²) in [4.78, 5) is 33.0. The molecule has 1 aromatic carbocycles. The molecule has 0 radical (unpaired) electrons. The number of benzene rings is 1. The van der Waals surface area contributed by atoms with Crippen LogP contribution in [0, 0.1) is 0 Å². The SMILES string of the molecule is O=C(CSc1ccc(Cl)cc1)NC(Cc1nccs1)C(=O)N1CCCCC1CCO. The van der Waals surface area contributed by atoms with Crippen molar-refractivity contribution in [2.75, 3.05) is 18.9 Å². The van der Waals surface area contributed by atoms with Crippen LogP contribution in [0.3, 0.4) is 0 Å². The molecule has 0 spiro atoms. The summed E-state index contributed by atoms with van der Waals surface area (Å²) in [6, 6.07) is 6.67. The van der Waals surface area contributed by atoms with Crippen LogP contribution in [0.5, 0.6) is 0 Å². The molecule has 1 aliphatic rings. The number of thiazole rings is 1. The molecule has 2 amide bonds. The molecule has 2 heterocycles. The molecule has 0 bridgehead atoms. The fourth-order valence-electron chi connectivity index (χ4n) is 3.58. The Morgan fingerprint density at radius 1 is 1.33 bits per heavy atom. The standard InChI is InChI=1S/C21H26ClN3O3S2/c22-15-4-6-17(7-5-15)30-14-19(27)24-18(13-20-23-9-12-29-20)21(28)25-10-2-1-3-16(25)8-11-26/h4-7,9,12,16,18,26H,1-3,8,10-11,13-14H2,(H,24,27). The molecule has 1 saturated heterocycles. The van der Waals surface area contributed by atoms with E-state index in [4.69, 9.17) is 11.6 Å². The maximum atomic E-state index is 13.3. The van der Waals surface area contributed by atoms with E-state index in [1.165, 1.54) is 23.1 Å². The molecule has 0 aliphatic carbocycles. The summed E-state index contributed by atoms with van der Waals surface area (Å²) in [5, 5.41) is 15.6. The van der Waals surface area contributed by atoms with Crippen LogP contribution < -0.4 is 5.32 Å². The van der Waals surface area contributed by atoms with E-state index in [1.54, 1.807) is 18.3 Å². The van der Waals surface area contributed by atoms with Gasteiger partial charge in [-0.15, -0.1) is 23.1 Å². The maximum absolute atomic E-state index is 13.3. The number of aliphatic hydroxyl groups is 1. The van der Waals surface area contributed by atoms with Crippen molar-refractivity contribution in [1.29, 1.82) is 0 Å². The summed E-state index contributed by atoms with van der Waals surface area (Å²) in [5.74, 6) is -0.0719. The molecule has 1 aromatic heterocycles. The summed E-state index contributed by atoms with van der Waals surface area (Å²) in [5.41, 5.74) is 0. The molecule has 1 fully saturated rings. The van der Waals surface area contributed by atoms with Gasteiger partial charge in [0.05, 0.1) is 10.8 Å². The fourth-order valence-corrected chi connectivity index (χ4v) is 5.08. The Morgan fingerprint density at radius 3 is 2.83 bits per heavy atom. The van der Waals surface area contributed by atoms with E-state index in [1.807, 2.05) is 22.4 Å². The van der Waals surface area contributed by atoms with Crippen molar-refractivity contribution in [1.82, 2.24) is 15.2 Å². The van der Waals surface area contributed by atoms with Gasteiger partial charge in [0.25, 0.3) is 0 Å². The number of aliphatic hydroxyl groups excluding tert-OH is 1. The predicted molar refractivity (Wildman–Crippen MR) is 121 cm³/mol. The number of aromatic nitrogens is 1. The lowest BCUT2D eigenvalue weighted by Gasteiger charge is -2.37. The monoisotopic (exact) mass is 467 g/mol.